The number of aryl methyl sites for hydroxylation is 3. The molecule has 0 unspecified atom stereocenters. The average molecular weight is 450 g/mol. The maximum atomic E-state index is 12.8. The molecule has 0 atom stereocenters. The van der Waals surface area contributed by atoms with Gasteiger partial charge in [0, 0.05) is 18.4 Å². The molecule has 4 aromatic rings. The molecule has 0 fully saturated rings. The zero-order valence-corrected chi connectivity index (χ0v) is 19.0. The van der Waals surface area contributed by atoms with Gasteiger partial charge in [0.15, 0.2) is 5.82 Å². The first kappa shape index (κ1) is 22.0. The molecule has 1 amide bonds. The molecule has 1 aliphatic carbocycles. The van der Waals surface area contributed by atoms with E-state index in [-0.39, 0.29) is 12.5 Å². The summed E-state index contributed by atoms with van der Waals surface area (Å²) in [4.78, 5) is 22.8. The largest absolute Gasteiger partial charge is 0.392 e. The normalized spacial score (nSPS) is 12.0. The zero-order chi connectivity index (χ0) is 23.3. The van der Waals surface area contributed by atoms with E-state index in [9.17, 15) is 9.90 Å². The highest BCUT2D eigenvalue weighted by molar-refractivity contribution is 5.90. The first-order chi connectivity index (χ1) is 16.7. The number of hydrogen-bond donors (Lipinski definition) is 2. The topological polar surface area (TPSA) is 75.1 Å². The second-order valence-corrected chi connectivity index (χ2v) is 8.66. The lowest BCUT2D eigenvalue weighted by atomic mass is 9.90. The molecule has 5 rings (SSSR count). The van der Waals surface area contributed by atoms with Crippen LogP contribution in [0.25, 0.3) is 11.3 Å². The second-order valence-electron chi connectivity index (χ2n) is 8.66. The Morgan fingerprint density at radius 3 is 2.32 bits per heavy atom. The van der Waals surface area contributed by atoms with Gasteiger partial charge in [0.1, 0.15) is 0 Å². The van der Waals surface area contributed by atoms with Crippen molar-refractivity contribution in [1.29, 1.82) is 0 Å². The summed E-state index contributed by atoms with van der Waals surface area (Å²) in [5, 5.41) is 12.6. The number of carbonyl (C=O) groups is 1. The maximum Gasteiger partial charge on any atom is 0.225 e. The monoisotopic (exact) mass is 449 g/mol. The first-order valence-electron chi connectivity index (χ1n) is 11.7. The van der Waals surface area contributed by atoms with Crippen LogP contribution < -0.4 is 5.32 Å². The number of fused-ring (bicyclic) bond motifs is 3. The highest BCUT2D eigenvalue weighted by Gasteiger charge is 2.23. The number of anilines is 1. The van der Waals surface area contributed by atoms with Crippen LogP contribution in [0.4, 0.5) is 5.82 Å². The van der Waals surface area contributed by atoms with E-state index in [0.717, 1.165) is 52.2 Å². The smallest absolute Gasteiger partial charge is 0.225 e. The molecular formula is C29H27N3O2. The van der Waals surface area contributed by atoms with E-state index in [1.54, 1.807) is 0 Å². The Morgan fingerprint density at radius 1 is 0.853 bits per heavy atom. The van der Waals surface area contributed by atoms with Crippen molar-refractivity contribution in [3.63, 3.8) is 0 Å². The van der Waals surface area contributed by atoms with E-state index in [0.29, 0.717) is 25.1 Å². The molecule has 0 saturated carbocycles. The number of rotatable bonds is 7. The van der Waals surface area contributed by atoms with Gasteiger partial charge in [-0.25, -0.2) is 9.97 Å². The fourth-order valence-corrected chi connectivity index (χ4v) is 4.44. The van der Waals surface area contributed by atoms with Gasteiger partial charge in [-0.3, -0.25) is 4.79 Å². The van der Waals surface area contributed by atoms with Gasteiger partial charge < -0.3 is 10.4 Å². The van der Waals surface area contributed by atoms with Crippen LogP contribution in [0.3, 0.4) is 0 Å². The molecule has 0 saturated heterocycles. The van der Waals surface area contributed by atoms with E-state index in [1.807, 2.05) is 60.7 Å². The summed E-state index contributed by atoms with van der Waals surface area (Å²) in [6, 6.07) is 26.2. The number of aliphatic hydroxyl groups excluding tert-OH is 1. The summed E-state index contributed by atoms with van der Waals surface area (Å²) in [5.74, 6) is 0.493. The van der Waals surface area contributed by atoms with Crippen molar-refractivity contribution < 1.29 is 9.90 Å². The van der Waals surface area contributed by atoms with Crippen LogP contribution in [-0.2, 0) is 37.1 Å². The van der Waals surface area contributed by atoms with E-state index in [4.69, 9.17) is 9.97 Å². The number of aliphatic hydroxyl groups is 1. The Hall–Kier alpha value is -3.83. The Balaban J connectivity index is 1.46. The summed E-state index contributed by atoms with van der Waals surface area (Å²) in [6.07, 6.45) is 3.24. The molecule has 34 heavy (non-hydrogen) atoms. The minimum Gasteiger partial charge on any atom is -0.392 e. The fourth-order valence-electron chi connectivity index (χ4n) is 4.44. The van der Waals surface area contributed by atoms with Crippen LogP contribution in [0.15, 0.2) is 78.9 Å². The molecule has 3 aromatic carbocycles. The molecule has 2 N–H and O–H groups in total. The quantitative estimate of drug-likeness (QED) is 0.421. The van der Waals surface area contributed by atoms with Crippen molar-refractivity contribution in [2.45, 2.75) is 38.7 Å². The summed E-state index contributed by atoms with van der Waals surface area (Å²) in [6.45, 7) is 0.0268. The van der Waals surface area contributed by atoms with Crippen LogP contribution in [0.2, 0.25) is 0 Å². The number of aromatic nitrogens is 2. The molecule has 5 nitrogen and oxygen atoms in total. The van der Waals surface area contributed by atoms with Crippen molar-refractivity contribution >= 4 is 11.7 Å². The van der Waals surface area contributed by atoms with E-state index in [1.165, 1.54) is 5.56 Å². The average Bonchev–Trinajstić information content (AvgIpc) is 2.88. The Labute approximate surface area is 199 Å². The Morgan fingerprint density at radius 2 is 1.59 bits per heavy atom. The van der Waals surface area contributed by atoms with Gasteiger partial charge in [0.2, 0.25) is 5.91 Å². The molecule has 5 heteroatoms. The lowest BCUT2D eigenvalue weighted by Gasteiger charge is -2.21. The van der Waals surface area contributed by atoms with Crippen molar-refractivity contribution in [2.75, 3.05) is 5.32 Å². The van der Waals surface area contributed by atoms with Gasteiger partial charge in [-0.2, -0.15) is 0 Å². The highest BCUT2D eigenvalue weighted by Crippen LogP contribution is 2.34. The number of nitrogens with one attached hydrogen (secondary N) is 1. The van der Waals surface area contributed by atoms with Crippen LogP contribution in [0, 0.1) is 0 Å². The van der Waals surface area contributed by atoms with Crippen molar-refractivity contribution in [3.05, 3.63) is 113 Å². The number of benzene rings is 3. The van der Waals surface area contributed by atoms with Crippen molar-refractivity contribution in [3.8, 4) is 11.3 Å². The van der Waals surface area contributed by atoms with Gasteiger partial charge in [0.05, 0.1) is 23.7 Å². The number of hydrogen-bond acceptors (Lipinski definition) is 4. The maximum absolute atomic E-state index is 12.8. The predicted octanol–water partition coefficient (Wildman–Crippen LogP) is 4.90. The highest BCUT2D eigenvalue weighted by atomic mass is 16.3. The molecule has 1 aromatic heterocycles. The van der Waals surface area contributed by atoms with Crippen molar-refractivity contribution in [2.24, 2.45) is 0 Å². The van der Waals surface area contributed by atoms with Crippen LogP contribution >= 0.6 is 0 Å². The van der Waals surface area contributed by atoms with Crippen LogP contribution in [0.5, 0.6) is 0 Å². The number of carbonyl (C=O) groups excluding carboxylic acids is 1. The van der Waals surface area contributed by atoms with E-state index < -0.39 is 0 Å². The van der Waals surface area contributed by atoms with Crippen LogP contribution in [0.1, 0.15) is 40.1 Å². The second kappa shape index (κ2) is 9.98. The molecule has 0 radical (unpaired) electrons. The minimum atomic E-state index is -0.0591. The third-order valence-electron chi connectivity index (χ3n) is 6.23. The molecule has 170 valence electrons. The standard InChI is InChI=1S/C29H27N3O2/c33-19-22-11-14-24-23(17-22)13-15-25-28(24)30-26(18-21-9-5-2-6-10-21)29(31-25)32-27(34)16-12-20-7-3-1-4-8-20/h1-11,14,17,33H,12-13,15-16,18-19H2,(H,31,32,34). The SMILES string of the molecule is O=C(CCc1ccccc1)Nc1nc2c(nc1Cc1ccccc1)-c1ccc(CO)cc1CC2. The lowest BCUT2D eigenvalue weighted by Crippen LogP contribution is -2.19. The minimum absolute atomic E-state index is 0.0268. The van der Waals surface area contributed by atoms with E-state index >= 15 is 0 Å². The summed E-state index contributed by atoms with van der Waals surface area (Å²) in [5.41, 5.74) is 7.93. The van der Waals surface area contributed by atoms with Gasteiger partial charge in [0.25, 0.3) is 0 Å². The predicted molar refractivity (Wildman–Crippen MR) is 133 cm³/mol. The fraction of sp³-hybridized carbons (Fsp3) is 0.207. The molecule has 1 aliphatic rings. The number of amides is 1. The van der Waals surface area contributed by atoms with Crippen molar-refractivity contribution in [1.82, 2.24) is 9.97 Å². The lowest BCUT2D eigenvalue weighted by molar-refractivity contribution is -0.116. The third-order valence-corrected chi connectivity index (χ3v) is 6.23. The Bertz CT molecular complexity index is 1300. The molecule has 1 heterocycles. The first-order valence-corrected chi connectivity index (χ1v) is 11.7. The van der Waals surface area contributed by atoms with Crippen LogP contribution in [-0.4, -0.2) is 21.0 Å². The van der Waals surface area contributed by atoms with E-state index in [2.05, 4.69) is 23.5 Å². The summed E-state index contributed by atoms with van der Waals surface area (Å²) in [7, 11) is 0. The molecule has 0 aliphatic heterocycles. The summed E-state index contributed by atoms with van der Waals surface area (Å²) < 4.78 is 0. The van der Waals surface area contributed by atoms with Gasteiger partial charge in [-0.15, -0.1) is 0 Å². The zero-order valence-electron chi connectivity index (χ0n) is 19.0. The Kier molecular flexibility index (Phi) is 6.45. The van der Waals surface area contributed by atoms with Gasteiger partial charge in [-0.05, 0) is 41.5 Å². The molecule has 0 bridgehead atoms. The molecule has 0 spiro atoms. The molecular weight excluding hydrogens is 422 g/mol. The van der Waals surface area contributed by atoms with Gasteiger partial charge >= 0.3 is 0 Å². The van der Waals surface area contributed by atoms with Gasteiger partial charge in [-0.1, -0.05) is 78.9 Å². The third kappa shape index (κ3) is 4.90. The number of nitrogens with zero attached hydrogens (tertiary/aromatic N) is 2. The summed E-state index contributed by atoms with van der Waals surface area (Å²) >= 11 is 0.